The van der Waals surface area contributed by atoms with Crippen LogP contribution in [0.25, 0.3) is 11.0 Å². The summed E-state index contributed by atoms with van der Waals surface area (Å²) in [5.41, 5.74) is 2.98. The fraction of sp³-hybridized carbons (Fsp3) is 0.458. The van der Waals surface area contributed by atoms with E-state index in [1.54, 1.807) is 10.6 Å². The van der Waals surface area contributed by atoms with Crippen LogP contribution in [0, 0.1) is 5.82 Å². The van der Waals surface area contributed by atoms with Gasteiger partial charge in [-0.05, 0) is 38.1 Å². The zero-order chi connectivity index (χ0) is 22.4. The number of hydrogen-bond donors (Lipinski definition) is 1. The fourth-order valence-corrected chi connectivity index (χ4v) is 6.12. The van der Waals surface area contributed by atoms with Gasteiger partial charge in [0.2, 0.25) is 0 Å². The molecular weight excluding hydrogens is 441 g/mol. The molecule has 1 unspecified atom stereocenters. The number of pyridine rings is 3. The lowest BCUT2D eigenvalue weighted by Gasteiger charge is -2.34. The quantitative estimate of drug-likeness (QED) is 0.619. The van der Waals surface area contributed by atoms with Crippen LogP contribution in [-0.4, -0.2) is 57.5 Å². The van der Waals surface area contributed by atoms with Gasteiger partial charge in [0, 0.05) is 49.0 Å². The first-order chi connectivity index (χ1) is 16.2. The van der Waals surface area contributed by atoms with Crippen molar-refractivity contribution in [2.45, 2.75) is 42.8 Å². The number of ether oxygens (including phenoxy) is 1. The molecule has 33 heavy (non-hydrogen) atoms. The van der Waals surface area contributed by atoms with Gasteiger partial charge in [0.05, 0.1) is 40.6 Å². The maximum Gasteiger partial charge on any atom is 0.251 e. The minimum absolute atomic E-state index is 0.0190. The van der Waals surface area contributed by atoms with Crippen LogP contribution in [0.5, 0.6) is 5.75 Å². The van der Waals surface area contributed by atoms with E-state index < -0.39 is 0 Å². The van der Waals surface area contributed by atoms with Crippen molar-refractivity contribution in [3.05, 3.63) is 58.0 Å². The zero-order valence-electron chi connectivity index (χ0n) is 18.3. The van der Waals surface area contributed by atoms with E-state index in [-0.39, 0.29) is 17.3 Å². The van der Waals surface area contributed by atoms with E-state index in [1.165, 1.54) is 17.2 Å². The number of likely N-dealkylation sites (tertiary alicyclic amines) is 1. The summed E-state index contributed by atoms with van der Waals surface area (Å²) in [6.45, 7) is 4.69. The van der Waals surface area contributed by atoms with Crippen LogP contribution in [0.15, 0.2) is 40.3 Å². The summed E-state index contributed by atoms with van der Waals surface area (Å²) in [6.07, 6.45) is 5.20. The van der Waals surface area contributed by atoms with Crippen LogP contribution in [0.2, 0.25) is 0 Å². The summed E-state index contributed by atoms with van der Waals surface area (Å²) < 4.78 is 22.0. The molecule has 9 heteroatoms. The first kappa shape index (κ1) is 21.1. The molecule has 3 aliphatic heterocycles. The molecule has 1 saturated heterocycles. The average molecular weight is 468 g/mol. The highest BCUT2D eigenvalue weighted by Crippen LogP contribution is 2.35. The molecule has 6 rings (SSSR count). The van der Waals surface area contributed by atoms with Crippen molar-refractivity contribution in [1.29, 1.82) is 0 Å². The molecule has 1 fully saturated rings. The maximum atomic E-state index is 14.7. The van der Waals surface area contributed by atoms with Gasteiger partial charge in [-0.2, -0.15) is 0 Å². The molecule has 6 heterocycles. The first-order valence-corrected chi connectivity index (χ1v) is 12.5. The number of hydrogen-bond acceptors (Lipinski definition) is 7. The van der Waals surface area contributed by atoms with Crippen molar-refractivity contribution < 1.29 is 9.13 Å². The predicted molar refractivity (Wildman–Crippen MR) is 125 cm³/mol. The van der Waals surface area contributed by atoms with Crippen molar-refractivity contribution in [3.63, 3.8) is 0 Å². The number of nitrogens with zero attached hydrogens (tertiary/aromatic N) is 4. The Morgan fingerprint density at radius 1 is 1.21 bits per heavy atom. The van der Waals surface area contributed by atoms with E-state index >= 15 is 0 Å². The first-order valence-electron chi connectivity index (χ1n) is 11.5. The minimum Gasteiger partial charge on any atom is -0.490 e. The Hall–Kier alpha value is -2.49. The topological polar surface area (TPSA) is 72.3 Å². The number of thioether (sulfide) groups is 1. The fourth-order valence-electron chi connectivity index (χ4n) is 5.26. The predicted octanol–water partition coefficient (Wildman–Crippen LogP) is 2.77. The SMILES string of the molecule is O=c1ccc2ncc(F)c3c2n1CC3CN1CCC(NCc2cc3c(cn2)OCCS3)CC1. The van der Waals surface area contributed by atoms with Crippen molar-refractivity contribution >= 4 is 22.8 Å². The molecular formula is C24H26FN5O2S. The normalized spacial score (nSPS) is 20.7. The summed E-state index contributed by atoms with van der Waals surface area (Å²) in [7, 11) is 0. The Bertz CT molecular complexity index is 1260. The Balaban J connectivity index is 1.06. The molecule has 1 atom stereocenters. The number of piperidine rings is 1. The number of nitrogens with one attached hydrogen (secondary N) is 1. The van der Waals surface area contributed by atoms with Crippen molar-refractivity contribution in [3.8, 4) is 5.75 Å². The number of aromatic nitrogens is 3. The van der Waals surface area contributed by atoms with Gasteiger partial charge in [-0.15, -0.1) is 11.8 Å². The lowest BCUT2D eigenvalue weighted by atomic mass is 9.98. The summed E-state index contributed by atoms with van der Waals surface area (Å²) in [4.78, 5) is 24.6. The van der Waals surface area contributed by atoms with Gasteiger partial charge in [0.15, 0.2) is 5.75 Å². The third kappa shape index (κ3) is 4.02. The van der Waals surface area contributed by atoms with E-state index in [1.807, 2.05) is 18.0 Å². The Kier molecular flexibility index (Phi) is 5.55. The molecule has 1 N–H and O–H groups in total. The largest absolute Gasteiger partial charge is 0.490 e. The summed E-state index contributed by atoms with van der Waals surface area (Å²) in [6, 6.07) is 5.79. The zero-order valence-corrected chi connectivity index (χ0v) is 19.1. The van der Waals surface area contributed by atoms with Crippen LogP contribution < -0.4 is 15.6 Å². The number of rotatable bonds is 5. The highest BCUT2D eigenvalue weighted by molar-refractivity contribution is 7.99. The van der Waals surface area contributed by atoms with Gasteiger partial charge in [0.1, 0.15) is 5.82 Å². The van der Waals surface area contributed by atoms with Gasteiger partial charge in [-0.25, -0.2) is 4.39 Å². The number of halogens is 1. The maximum absolute atomic E-state index is 14.7. The third-order valence-electron chi connectivity index (χ3n) is 6.93. The average Bonchev–Trinajstić information content (AvgIpc) is 3.23. The van der Waals surface area contributed by atoms with Gasteiger partial charge in [-0.1, -0.05) is 0 Å². The van der Waals surface area contributed by atoms with Gasteiger partial charge < -0.3 is 19.5 Å². The second-order valence-electron chi connectivity index (χ2n) is 9.01. The summed E-state index contributed by atoms with van der Waals surface area (Å²) >= 11 is 1.82. The lowest BCUT2D eigenvalue weighted by molar-refractivity contribution is 0.184. The second kappa shape index (κ2) is 8.70. The van der Waals surface area contributed by atoms with E-state index in [2.05, 4.69) is 26.3 Å². The van der Waals surface area contributed by atoms with Gasteiger partial charge in [-0.3, -0.25) is 14.8 Å². The van der Waals surface area contributed by atoms with Crippen molar-refractivity contribution in [2.24, 2.45) is 0 Å². The Morgan fingerprint density at radius 2 is 2.09 bits per heavy atom. The van der Waals surface area contributed by atoms with Gasteiger partial charge >= 0.3 is 0 Å². The molecule has 0 bridgehead atoms. The van der Waals surface area contributed by atoms with Gasteiger partial charge in [0.25, 0.3) is 5.56 Å². The summed E-state index contributed by atoms with van der Waals surface area (Å²) in [5, 5.41) is 3.65. The third-order valence-corrected chi connectivity index (χ3v) is 7.93. The van der Waals surface area contributed by atoms with Crippen molar-refractivity contribution in [2.75, 3.05) is 32.0 Å². The molecule has 7 nitrogen and oxygen atoms in total. The molecule has 0 aromatic carbocycles. The molecule has 3 aromatic rings. The lowest BCUT2D eigenvalue weighted by Crippen LogP contribution is -2.43. The van der Waals surface area contributed by atoms with Crippen LogP contribution >= 0.6 is 11.8 Å². The van der Waals surface area contributed by atoms with Crippen LogP contribution in [0.3, 0.4) is 0 Å². The molecule has 172 valence electrons. The van der Waals surface area contributed by atoms with Crippen LogP contribution in [0.1, 0.15) is 30.0 Å². The summed E-state index contributed by atoms with van der Waals surface area (Å²) in [5.74, 6) is 1.55. The molecule has 0 amide bonds. The van der Waals surface area contributed by atoms with Crippen LogP contribution in [-0.2, 0) is 13.1 Å². The van der Waals surface area contributed by atoms with Crippen molar-refractivity contribution in [1.82, 2.24) is 24.8 Å². The molecule has 0 saturated carbocycles. The van der Waals surface area contributed by atoms with E-state index in [9.17, 15) is 9.18 Å². The molecule has 0 radical (unpaired) electrons. The van der Waals surface area contributed by atoms with E-state index in [0.717, 1.165) is 62.8 Å². The standard InChI is InChI=1S/C24H26FN5O2S/c25-18-11-28-19-1-2-22(31)30-14-15(23(18)24(19)30)13-29-5-3-16(4-6-29)26-10-17-9-21-20(12-27-17)32-7-8-33-21/h1-2,9,11-12,15-16,26H,3-8,10,13-14H2. The van der Waals surface area contributed by atoms with E-state index in [4.69, 9.17) is 4.74 Å². The smallest absolute Gasteiger partial charge is 0.251 e. The second-order valence-corrected chi connectivity index (χ2v) is 10.1. The Morgan fingerprint density at radius 3 is 2.97 bits per heavy atom. The Labute approximate surface area is 195 Å². The molecule has 0 spiro atoms. The van der Waals surface area contributed by atoms with Crippen LogP contribution in [0.4, 0.5) is 4.39 Å². The van der Waals surface area contributed by atoms with E-state index in [0.29, 0.717) is 29.2 Å². The highest BCUT2D eigenvalue weighted by Gasteiger charge is 2.31. The highest BCUT2D eigenvalue weighted by atomic mass is 32.2. The monoisotopic (exact) mass is 467 g/mol. The molecule has 3 aromatic heterocycles. The molecule has 3 aliphatic rings. The number of fused-ring (bicyclic) bond motifs is 1. The minimum atomic E-state index is -0.304. The molecule has 0 aliphatic carbocycles.